The Morgan fingerprint density at radius 2 is 1.96 bits per heavy atom. The van der Waals surface area contributed by atoms with Gasteiger partial charge < -0.3 is 19.7 Å². The first-order valence-electron chi connectivity index (χ1n) is 10.4. The van der Waals surface area contributed by atoms with Crippen LogP contribution in [-0.4, -0.2) is 45.4 Å². The fourth-order valence-electron chi connectivity index (χ4n) is 8.50. The highest BCUT2D eigenvalue weighted by atomic mass is 16.6. The van der Waals surface area contributed by atoms with Crippen molar-refractivity contribution in [3.05, 3.63) is 0 Å². The third-order valence-electron chi connectivity index (χ3n) is 9.31. The van der Waals surface area contributed by atoms with Crippen molar-refractivity contribution in [2.45, 2.75) is 76.6 Å². The van der Waals surface area contributed by atoms with Crippen LogP contribution in [0.2, 0.25) is 0 Å². The number of ether oxygens (including phenoxy) is 2. The van der Waals surface area contributed by atoms with Gasteiger partial charge in [-0.2, -0.15) is 0 Å². The normalized spacial score (nSPS) is 56.0. The van der Waals surface area contributed by atoms with E-state index in [4.69, 9.17) is 9.47 Å². The fourth-order valence-corrected chi connectivity index (χ4v) is 8.50. The van der Waals surface area contributed by atoms with E-state index in [1.807, 2.05) is 6.92 Å². The molecule has 2 N–H and O–H groups in total. The van der Waals surface area contributed by atoms with Crippen molar-refractivity contribution in [1.29, 1.82) is 0 Å². The summed E-state index contributed by atoms with van der Waals surface area (Å²) in [4.78, 5) is 37.3. The Morgan fingerprint density at radius 3 is 2.61 bits per heavy atom. The van der Waals surface area contributed by atoms with Crippen LogP contribution in [-0.2, 0) is 23.9 Å². The van der Waals surface area contributed by atoms with Crippen LogP contribution >= 0.6 is 0 Å². The highest BCUT2D eigenvalue weighted by Crippen LogP contribution is 2.78. The van der Waals surface area contributed by atoms with Gasteiger partial charge in [-0.25, -0.2) is 0 Å². The molecule has 0 radical (unpaired) electrons. The molecule has 7 heteroatoms. The number of carbonyl (C=O) groups is 3. The van der Waals surface area contributed by atoms with Crippen LogP contribution in [0.4, 0.5) is 0 Å². The molecule has 28 heavy (non-hydrogen) atoms. The number of carboxylic acids is 1. The first-order valence-corrected chi connectivity index (χ1v) is 10.4. The van der Waals surface area contributed by atoms with Gasteiger partial charge in [0.2, 0.25) is 0 Å². The number of carboxylic acid groups (broad SMARTS) is 1. The molecular formula is C21H28O7. The number of esters is 2. The van der Waals surface area contributed by atoms with Crippen molar-refractivity contribution >= 4 is 17.9 Å². The zero-order chi connectivity index (χ0) is 20.3. The molecule has 4 bridgehead atoms. The minimum absolute atomic E-state index is 0.0479. The van der Waals surface area contributed by atoms with Crippen LogP contribution < -0.4 is 0 Å². The van der Waals surface area contributed by atoms with Crippen molar-refractivity contribution in [1.82, 2.24) is 0 Å². The van der Waals surface area contributed by atoms with Crippen molar-refractivity contribution in [2.24, 2.45) is 34.5 Å². The quantitative estimate of drug-likeness (QED) is 0.691. The number of fused-ring (bicyclic) bond motifs is 1. The van der Waals surface area contributed by atoms with Gasteiger partial charge in [0.25, 0.3) is 0 Å². The molecule has 5 fully saturated rings. The second-order valence-corrected chi connectivity index (χ2v) is 10.2. The summed E-state index contributed by atoms with van der Waals surface area (Å²) < 4.78 is 11.9. The summed E-state index contributed by atoms with van der Waals surface area (Å²) in [5.74, 6) is -3.07. The number of hydrogen-bond donors (Lipinski definition) is 2. The molecule has 0 amide bonds. The molecule has 0 aromatic rings. The summed E-state index contributed by atoms with van der Waals surface area (Å²) in [6.07, 6.45) is 2.55. The van der Waals surface area contributed by atoms with E-state index in [9.17, 15) is 24.6 Å². The number of aliphatic hydroxyl groups is 1. The molecule has 0 aromatic heterocycles. The molecule has 1 saturated heterocycles. The fraction of sp³-hybridized carbons (Fsp3) is 0.857. The first-order chi connectivity index (χ1) is 13.0. The second kappa shape index (κ2) is 5.10. The monoisotopic (exact) mass is 392 g/mol. The molecular weight excluding hydrogens is 364 g/mol. The van der Waals surface area contributed by atoms with Gasteiger partial charge in [-0.15, -0.1) is 0 Å². The van der Waals surface area contributed by atoms with E-state index in [1.165, 1.54) is 6.92 Å². The van der Waals surface area contributed by atoms with Crippen LogP contribution in [0.3, 0.4) is 0 Å². The summed E-state index contributed by atoms with van der Waals surface area (Å²) in [7, 11) is 0. The molecule has 7 nitrogen and oxygen atoms in total. The van der Waals surface area contributed by atoms with Crippen molar-refractivity contribution in [3.8, 4) is 0 Å². The van der Waals surface area contributed by atoms with E-state index in [-0.39, 0.29) is 17.8 Å². The lowest BCUT2D eigenvalue weighted by Crippen LogP contribution is -2.53. The SMILES string of the molecule is CC(=O)O[C@@]12CC[C@@H]3[C@](C[C@H]1C)(C2)[C@@H](C(=O)O)[C@H]1[C@@]32CC[C@H](O)[C@@]1(C)C(=O)O2. The van der Waals surface area contributed by atoms with E-state index in [2.05, 4.69) is 0 Å². The number of aliphatic carboxylic acids is 1. The molecule has 4 saturated carbocycles. The van der Waals surface area contributed by atoms with Crippen LogP contribution in [0.1, 0.15) is 59.3 Å². The third kappa shape index (κ3) is 1.74. The van der Waals surface area contributed by atoms with E-state index in [1.54, 1.807) is 6.92 Å². The maximum Gasteiger partial charge on any atom is 0.315 e. The Hall–Kier alpha value is -1.63. The average molecular weight is 392 g/mol. The molecule has 0 unspecified atom stereocenters. The summed E-state index contributed by atoms with van der Waals surface area (Å²) in [5, 5.41) is 21.1. The Balaban J connectivity index is 1.69. The number of hydrogen-bond acceptors (Lipinski definition) is 6. The maximum atomic E-state index is 12.9. The standard InChI is InChI=1S/C21H28O7/c1-10-8-19-9-20(10,27-11(2)22)6-4-12(19)21-7-5-13(23)18(3,17(26)28-21)15(21)14(19)16(24)25/h10,12-15,23H,4-9H2,1-3H3,(H,24,25)/t10-,12-,13+,14-,15-,18-,19+,20-,21-/m1/s1. The molecule has 4 aliphatic carbocycles. The van der Waals surface area contributed by atoms with Crippen molar-refractivity contribution in [3.63, 3.8) is 0 Å². The van der Waals surface area contributed by atoms with Gasteiger partial charge in [0.1, 0.15) is 11.2 Å². The van der Waals surface area contributed by atoms with E-state index in [0.717, 1.165) is 0 Å². The van der Waals surface area contributed by atoms with Gasteiger partial charge >= 0.3 is 17.9 Å². The van der Waals surface area contributed by atoms with Gasteiger partial charge in [-0.05, 0) is 56.8 Å². The lowest BCUT2D eigenvalue weighted by atomic mass is 9.59. The smallest absolute Gasteiger partial charge is 0.315 e. The Kier molecular flexibility index (Phi) is 3.35. The van der Waals surface area contributed by atoms with Crippen molar-refractivity contribution < 1.29 is 34.1 Å². The van der Waals surface area contributed by atoms with Gasteiger partial charge in [0.05, 0.1) is 17.4 Å². The summed E-state index contributed by atoms with van der Waals surface area (Å²) in [6.45, 7) is 5.13. The summed E-state index contributed by atoms with van der Waals surface area (Å²) in [5.41, 5.74) is -3.22. The summed E-state index contributed by atoms with van der Waals surface area (Å²) in [6, 6.07) is 0. The van der Waals surface area contributed by atoms with Gasteiger partial charge in [-0.3, -0.25) is 14.4 Å². The Labute approximate surface area is 163 Å². The first kappa shape index (κ1) is 18.4. The van der Waals surface area contributed by atoms with Gasteiger partial charge in [0, 0.05) is 18.8 Å². The molecule has 9 atom stereocenters. The maximum absolute atomic E-state index is 12.9. The second-order valence-electron chi connectivity index (χ2n) is 10.2. The zero-order valence-electron chi connectivity index (χ0n) is 16.6. The van der Waals surface area contributed by atoms with Crippen LogP contribution in [0, 0.1) is 34.5 Å². The number of aliphatic hydroxyl groups excluding tert-OH is 1. The van der Waals surface area contributed by atoms with E-state index >= 15 is 0 Å². The topological polar surface area (TPSA) is 110 Å². The van der Waals surface area contributed by atoms with Gasteiger partial charge in [-0.1, -0.05) is 6.92 Å². The third-order valence-corrected chi connectivity index (χ3v) is 9.31. The predicted octanol–water partition coefficient (Wildman–Crippen LogP) is 1.90. The largest absolute Gasteiger partial charge is 0.481 e. The molecule has 154 valence electrons. The van der Waals surface area contributed by atoms with Crippen LogP contribution in [0.5, 0.6) is 0 Å². The Morgan fingerprint density at radius 1 is 1.25 bits per heavy atom. The number of carbonyl (C=O) groups excluding carboxylic acids is 2. The molecule has 1 heterocycles. The molecule has 5 aliphatic rings. The average Bonchev–Trinajstić information content (AvgIpc) is 3.02. The van der Waals surface area contributed by atoms with Gasteiger partial charge in [0.15, 0.2) is 0 Å². The van der Waals surface area contributed by atoms with Crippen molar-refractivity contribution in [2.75, 3.05) is 0 Å². The highest BCUT2D eigenvalue weighted by Gasteiger charge is 2.84. The molecule has 1 spiro atoms. The molecule has 5 rings (SSSR count). The Bertz CT molecular complexity index is 794. The lowest BCUT2D eigenvalue weighted by Gasteiger charge is -2.47. The predicted molar refractivity (Wildman–Crippen MR) is 94.8 cm³/mol. The minimum atomic E-state index is -1.19. The van der Waals surface area contributed by atoms with Crippen LogP contribution in [0.25, 0.3) is 0 Å². The van der Waals surface area contributed by atoms with E-state index < -0.39 is 51.9 Å². The van der Waals surface area contributed by atoms with Crippen LogP contribution in [0.15, 0.2) is 0 Å². The van der Waals surface area contributed by atoms with E-state index in [0.29, 0.717) is 38.5 Å². The summed E-state index contributed by atoms with van der Waals surface area (Å²) >= 11 is 0. The minimum Gasteiger partial charge on any atom is -0.481 e. The number of rotatable bonds is 2. The molecule has 0 aromatic carbocycles. The highest BCUT2D eigenvalue weighted by molar-refractivity contribution is 5.85. The zero-order valence-corrected chi connectivity index (χ0v) is 16.6. The molecule has 1 aliphatic heterocycles. The lowest BCUT2D eigenvalue weighted by molar-refractivity contribution is -0.173.